The minimum atomic E-state index is -0.992. The number of halogens is 1. The highest BCUT2D eigenvalue weighted by Gasteiger charge is 2.45. The molecule has 3 atom stereocenters. The van der Waals surface area contributed by atoms with Crippen molar-refractivity contribution in [1.29, 1.82) is 0 Å². The Labute approximate surface area is 177 Å². The molecule has 2 aromatic carbocycles. The highest BCUT2D eigenvalue weighted by Crippen LogP contribution is 2.35. The lowest BCUT2D eigenvalue weighted by Crippen LogP contribution is -2.48. The first kappa shape index (κ1) is 20.5. The molecule has 2 aliphatic rings. The normalized spacial score (nSPS) is 21.2. The van der Waals surface area contributed by atoms with E-state index in [1.54, 1.807) is 24.3 Å². The van der Waals surface area contributed by atoms with Crippen molar-refractivity contribution in [2.75, 3.05) is 22.6 Å². The fourth-order valence-corrected chi connectivity index (χ4v) is 4.01. The number of methoxy groups -OCH3 is 1. The molecule has 3 unspecified atom stereocenters. The second-order valence-electron chi connectivity index (χ2n) is 7.47. The number of carbonyl (C=O) groups is 4. The van der Waals surface area contributed by atoms with Gasteiger partial charge in [0, 0.05) is 12.3 Å². The Balaban J connectivity index is 1.57. The van der Waals surface area contributed by atoms with E-state index in [-0.39, 0.29) is 18.5 Å². The predicted molar refractivity (Wildman–Crippen MR) is 110 cm³/mol. The second kappa shape index (κ2) is 8.17. The van der Waals surface area contributed by atoms with Crippen LogP contribution in [0.1, 0.15) is 12.8 Å². The van der Waals surface area contributed by atoms with Gasteiger partial charge in [-0.05, 0) is 42.8 Å². The van der Waals surface area contributed by atoms with E-state index in [0.717, 1.165) is 17.0 Å². The number of nitrogens with one attached hydrogen (secondary N) is 2. The van der Waals surface area contributed by atoms with Crippen LogP contribution in [0.2, 0.25) is 0 Å². The van der Waals surface area contributed by atoms with Crippen LogP contribution in [0.15, 0.2) is 48.5 Å². The summed E-state index contributed by atoms with van der Waals surface area (Å²) < 4.78 is 18.1. The summed E-state index contributed by atoms with van der Waals surface area (Å²) in [5.74, 6) is -4.32. The minimum Gasteiger partial charge on any atom is -0.469 e. The molecule has 0 spiro atoms. The van der Waals surface area contributed by atoms with E-state index in [4.69, 9.17) is 4.74 Å². The van der Waals surface area contributed by atoms with Gasteiger partial charge in [-0.25, -0.2) is 4.39 Å². The number of carbonyl (C=O) groups excluding carboxylic acids is 4. The van der Waals surface area contributed by atoms with Crippen LogP contribution in [-0.2, 0) is 23.9 Å². The molecule has 1 saturated heterocycles. The maximum absolute atomic E-state index is 13.2. The van der Waals surface area contributed by atoms with Gasteiger partial charge in [0.15, 0.2) is 0 Å². The van der Waals surface area contributed by atoms with Crippen LogP contribution in [0.4, 0.5) is 21.5 Å². The van der Waals surface area contributed by atoms with Crippen LogP contribution in [-0.4, -0.2) is 36.8 Å². The zero-order valence-electron chi connectivity index (χ0n) is 16.6. The number of hydrogen-bond donors (Lipinski definition) is 2. The van der Waals surface area contributed by atoms with Crippen LogP contribution >= 0.6 is 0 Å². The first-order valence-corrected chi connectivity index (χ1v) is 9.75. The highest BCUT2D eigenvalue weighted by molar-refractivity contribution is 6.21. The number of amides is 3. The highest BCUT2D eigenvalue weighted by atomic mass is 19.1. The molecule has 0 aromatic heterocycles. The average Bonchev–Trinajstić information content (AvgIpc) is 3.04. The number of rotatable bonds is 5. The van der Waals surface area contributed by atoms with Gasteiger partial charge >= 0.3 is 5.97 Å². The molecular formula is C22H20FN3O5. The molecule has 0 saturated carbocycles. The van der Waals surface area contributed by atoms with E-state index in [9.17, 15) is 23.6 Å². The Morgan fingerprint density at radius 3 is 2.48 bits per heavy atom. The Morgan fingerprint density at radius 2 is 1.81 bits per heavy atom. The lowest BCUT2D eigenvalue weighted by atomic mass is 9.86. The Bertz CT molecular complexity index is 1060. The lowest BCUT2D eigenvalue weighted by molar-refractivity contribution is -0.148. The Hall–Kier alpha value is -3.75. The number of benzene rings is 2. The first-order valence-electron chi connectivity index (χ1n) is 9.75. The lowest BCUT2D eigenvalue weighted by Gasteiger charge is -2.32. The van der Waals surface area contributed by atoms with Crippen molar-refractivity contribution < 1.29 is 28.3 Å². The first-order chi connectivity index (χ1) is 14.9. The number of esters is 1. The minimum absolute atomic E-state index is 0.0534. The number of anilines is 3. The summed E-state index contributed by atoms with van der Waals surface area (Å²) >= 11 is 0. The third-order valence-electron chi connectivity index (χ3n) is 5.55. The summed E-state index contributed by atoms with van der Waals surface area (Å²) in [7, 11) is 1.20. The van der Waals surface area contributed by atoms with E-state index >= 15 is 0 Å². The van der Waals surface area contributed by atoms with Crippen LogP contribution in [0.3, 0.4) is 0 Å². The predicted octanol–water partition coefficient (Wildman–Crippen LogP) is 2.32. The van der Waals surface area contributed by atoms with Crippen LogP contribution in [0.25, 0.3) is 0 Å². The molecule has 2 N–H and O–H groups in total. The third-order valence-corrected chi connectivity index (χ3v) is 5.55. The molecule has 2 aliphatic heterocycles. The maximum atomic E-state index is 13.2. The van der Waals surface area contributed by atoms with Crippen molar-refractivity contribution >= 4 is 40.8 Å². The van der Waals surface area contributed by atoms with Crippen molar-refractivity contribution in [2.24, 2.45) is 11.8 Å². The number of para-hydroxylation sites is 2. The summed E-state index contributed by atoms with van der Waals surface area (Å²) in [5, 5.41) is 5.79. The van der Waals surface area contributed by atoms with Gasteiger partial charge < -0.3 is 15.4 Å². The van der Waals surface area contributed by atoms with E-state index < -0.39 is 47.4 Å². The van der Waals surface area contributed by atoms with Crippen LogP contribution in [0, 0.1) is 17.7 Å². The smallest absolute Gasteiger partial charge is 0.311 e. The molecule has 0 bridgehead atoms. The summed E-state index contributed by atoms with van der Waals surface area (Å²) in [6.07, 6.45) is -0.170. The molecule has 2 aromatic rings. The van der Waals surface area contributed by atoms with Crippen molar-refractivity contribution in [1.82, 2.24) is 0 Å². The fraction of sp³-hybridized carbons (Fsp3) is 0.273. The quantitative estimate of drug-likeness (QED) is 0.563. The number of hydrogen-bond acceptors (Lipinski definition) is 6. The SMILES string of the molecule is COC(=O)C(CC1CC(=O)N(c2ccc(F)cc2)C1=O)C1Nc2ccccc2NC1=O. The molecular weight excluding hydrogens is 405 g/mol. The largest absolute Gasteiger partial charge is 0.469 e. The number of ether oxygens (including phenoxy) is 1. The molecule has 31 heavy (non-hydrogen) atoms. The zero-order chi connectivity index (χ0) is 22.1. The van der Waals surface area contributed by atoms with E-state index in [1.165, 1.54) is 19.2 Å². The zero-order valence-corrected chi connectivity index (χ0v) is 16.6. The summed E-state index contributed by atoms with van der Waals surface area (Å²) in [6, 6.07) is 11.1. The molecule has 0 aliphatic carbocycles. The topological polar surface area (TPSA) is 105 Å². The number of imide groups is 1. The summed E-state index contributed by atoms with van der Waals surface area (Å²) in [6.45, 7) is 0. The van der Waals surface area contributed by atoms with Gasteiger partial charge in [-0.15, -0.1) is 0 Å². The van der Waals surface area contributed by atoms with Crippen LogP contribution < -0.4 is 15.5 Å². The van der Waals surface area contributed by atoms with E-state index in [0.29, 0.717) is 11.4 Å². The van der Waals surface area contributed by atoms with Crippen LogP contribution in [0.5, 0.6) is 0 Å². The average molecular weight is 425 g/mol. The third kappa shape index (κ3) is 3.86. The maximum Gasteiger partial charge on any atom is 0.311 e. The summed E-state index contributed by atoms with van der Waals surface area (Å²) in [5.41, 5.74) is 1.49. The van der Waals surface area contributed by atoms with E-state index in [1.807, 2.05) is 0 Å². The van der Waals surface area contributed by atoms with Crippen molar-refractivity contribution in [3.05, 3.63) is 54.3 Å². The molecule has 9 heteroatoms. The standard InChI is InChI=1S/C22H20FN3O5/c1-31-22(30)15(19-20(28)25-17-5-3-2-4-16(17)24-19)10-12-11-18(27)26(21(12)29)14-8-6-13(23)7-9-14/h2-9,12,15,19,24H,10-11H2,1H3,(H,25,28). The molecule has 3 amide bonds. The van der Waals surface area contributed by atoms with Gasteiger partial charge in [-0.1, -0.05) is 12.1 Å². The molecule has 8 nitrogen and oxygen atoms in total. The van der Waals surface area contributed by atoms with Gasteiger partial charge in [-0.2, -0.15) is 0 Å². The fourth-order valence-electron chi connectivity index (χ4n) is 4.01. The Morgan fingerprint density at radius 1 is 1.13 bits per heavy atom. The van der Waals surface area contributed by atoms with Crippen molar-refractivity contribution in [2.45, 2.75) is 18.9 Å². The van der Waals surface area contributed by atoms with Gasteiger partial charge in [0.1, 0.15) is 11.9 Å². The molecule has 1 fully saturated rings. The molecule has 0 radical (unpaired) electrons. The monoisotopic (exact) mass is 425 g/mol. The second-order valence-corrected chi connectivity index (χ2v) is 7.47. The Kier molecular flexibility index (Phi) is 5.41. The van der Waals surface area contributed by atoms with Gasteiger partial charge in [0.05, 0.1) is 30.1 Å². The number of nitrogens with zero attached hydrogens (tertiary/aromatic N) is 1. The van der Waals surface area contributed by atoms with E-state index in [2.05, 4.69) is 10.6 Å². The summed E-state index contributed by atoms with van der Waals surface area (Å²) in [4.78, 5) is 51.7. The number of fused-ring (bicyclic) bond motifs is 1. The molecule has 160 valence electrons. The van der Waals surface area contributed by atoms with Gasteiger partial charge in [0.2, 0.25) is 17.7 Å². The van der Waals surface area contributed by atoms with Crippen molar-refractivity contribution in [3.8, 4) is 0 Å². The van der Waals surface area contributed by atoms with Gasteiger partial charge in [-0.3, -0.25) is 24.1 Å². The molecule has 4 rings (SSSR count). The van der Waals surface area contributed by atoms with Gasteiger partial charge in [0.25, 0.3) is 0 Å². The van der Waals surface area contributed by atoms with Crippen molar-refractivity contribution in [3.63, 3.8) is 0 Å². The molecule has 2 heterocycles.